The number of rotatable bonds is 2. The third-order valence-corrected chi connectivity index (χ3v) is 3.64. The quantitative estimate of drug-likeness (QED) is 0.844. The normalized spacial score (nSPS) is 27.0. The van der Waals surface area contributed by atoms with Crippen LogP contribution in [0.2, 0.25) is 0 Å². The zero-order chi connectivity index (χ0) is 11.7. The third-order valence-electron chi connectivity index (χ3n) is 3.64. The Bertz CT molecular complexity index is 396. The average Bonchev–Trinajstić information content (AvgIpc) is 2.77. The molecule has 2 atom stereocenters. The molecule has 1 saturated heterocycles. The molecule has 0 amide bonds. The molecule has 0 aliphatic carbocycles. The van der Waals surface area contributed by atoms with Crippen LogP contribution >= 0.6 is 0 Å². The van der Waals surface area contributed by atoms with Gasteiger partial charge in [0.05, 0.1) is 24.9 Å². The molecule has 0 saturated carbocycles. The third kappa shape index (κ3) is 1.86. The second-order valence-corrected chi connectivity index (χ2v) is 4.81. The summed E-state index contributed by atoms with van der Waals surface area (Å²) in [5.41, 5.74) is 1.16. The molecule has 0 bridgehead atoms. The van der Waals surface area contributed by atoms with Crippen LogP contribution in [0.25, 0.3) is 0 Å². The molecule has 4 heteroatoms. The molecular formula is C13H19N3O. The van der Waals surface area contributed by atoms with Crippen LogP contribution in [0.4, 0.5) is 11.5 Å². The Morgan fingerprint density at radius 1 is 1.53 bits per heavy atom. The highest BCUT2D eigenvalue weighted by Crippen LogP contribution is 2.33. The van der Waals surface area contributed by atoms with Gasteiger partial charge in [-0.05, 0) is 18.6 Å². The molecule has 4 nitrogen and oxygen atoms in total. The van der Waals surface area contributed by atoms with Crippen molar-refractivity contribution in [3.63, 3.8) is 0 Å². The first-order valence-electron chi connectivity index (χ1n) is 6.43. The molecule has 92 valence electrons. The van der Waals surface area contributed by atoms with Gasteiger partial charge in [0.15, 0.2) is 5.82 Å². The standard InChI is InChI=1S/C13H19N3O/c1-2-6-16-12-9-17-8-10(12)7-15-11-4-3-5-14-13(11)16/h3-5,10,12,15H,2,6-9H2,1H3. The minimum atomic E-state index is 0.485. The molecule has 2 aliphatic heterocycles. The summed E-state index contributed by atoms with van der Waals surface area (Å²) in [4.78, 5) is 6.97. The molecule has 3 heterocycles. The summed E-state index contributed by atoms with van der Waals surface area (Å²) in [5.74, 6) is 1.67. The van der Waals surface area contributed by atoms with E-state index in [9.17, 15) is 0 Å². The van der Waals surface area contributed by atoms with Gasteiger partial charge in [0, 0.05) is 25.2 Å². The van der Waals surface area contributed by atoms with Crippen molar-refractivity contribution in [2.24, 2.45) is 5.92 Å². The summed E-state index contributed by atoms with van der Waals surface area (Å²) in [7, 11) is 0. The zero-order valence-corrected chi connectivity index (χ0v) is 10.2. The van der Waals surface area contributed by atoms with Gasteiger partial charge in [0.25, 0.3) is 0 Å². The maximum atomic E-state index is 5.63. The Labute approximate surface area is 102 Å². The number of fused-ring (bicyclic) bond motifs is 2. The lowest BCUT2D eigenvalue weighted by molar-refractivity contribution is 0.185. The van der Waals surface area contributed by atoms with E-state index in [1.807, 2.05) is 12.3 Å². The maximum absolute atomic E-state index is 5.63. The number of hydrogen-bond donors (Lipinski definition) is 1. The van der Waals surface area contributed by atoms with Crippen LogP contribution in [-0.4, -0.2) is 37.3 Å². The van der Waals surface area contributed by atoms with Gasteiger partial charge >= 0.3 is 0 Å². The molecule has 1 N–H and O–H groups in total. The molecular weight excluding hydrogens is 214 g/mol. The number of nitrogens with one attached hydrogen (secondary N) is 1. The number of aromatic nitrogens is 1. The van der Waals surface area contributed by atoms with Gasteiger partial charge in [-0.15, -0.1) is 0 Å². The van der Waals surface area contributed by atoms with Gasteiger partial charge in [-0.1, -0.05) is 6.92 Å². The van der Waals surface area contributed by atoms with Gasteiger partial charge in [-0.25, -0.2) is 4.98 Å². The Balaban J connectivity index is 1.98. The summed E-state index contributed by atoms with van der Waals surface area (Å²) in [6, 6.07) is 4.60. The van der Waals surface area contributed by atoms with E-state index in [1.54, 1.807) is 0 Å². The first-order chi connectivity index (χ1) is 8.40. The summed E-state index contributed by atoms with van der Waals surface area (Å²) in [6.07, 6.45) is 3.01. The van der Waals surface area contributed by atoms with Gasteiger partial charge in [0.1, 0.15) is 0 Å². The van der Waals surface area contributed by atoms with Crippen molar-refractivity contribution in [1.29, 1.82) is 0 Å². The van der Waals surface area contributed by atoms with Crippen LogP contribution in [-0.2, 0) is 4.74 Å². The van der Waals surface area contributed by atoms with Gasteiger partial charge < -0.3 is 15.0 Å². The minimum Gasteiger partial charge on any atom is -0.382 e. The fourth-order valence-corrected chi connectivity index (χ4v) is 2.80. The lowest BCUT2D eigenvalue weighted by Crippen LogP contribution is -2.41. The summed E-state index contributed by atoms with van der Waals surface area (Å²) in [6.45, 7) is 5.96. The fourth-order valence-electron chi connectivity index (χ4n) is 2.80. The SMILES string of the molecule is CCCN1c2ncccc2NCC2COCC21. The van der Waals surface area contributed by atoms with Crippen LogP contribution in [0.1, 0.15) is 13.3 Å². The molecule has 2 aliphatic rings. The zero-order valence-electron chi connectivity index (χ0n) is 10.2. The van der Waals surface area contributed by atoms with Crippen molar-refractivity contribution < 1.29 is 4.74 Å². The van der Waals surface area contributed by atoms with Crippen molar-refractivity contribution in [1.82, 2.24) is 4.98 Å². The summed E-state index contributed by atoms with van der Waals surface area (Å²) in [5, 5.41) is 3.50. The van der Waals surface area contributed by atoms with Gasteiger partial charge in [0.2, 0.25) is 0 Å². The van der Waals surface area contributed by atoms with Crippen molar-refractivity contribution in [2.45, 2.75) is 19.4 Å². The lowest BCUT2D eigenvalue weighted by Gasteiger charge is -2.30. The molecule has 3 rings (SSSR count). The molecule has 0 spiro atoms. The van der Waals surface area contributed by atoms with Crippen LogP contribution in [0.5, 0.6) is 0 Å². The number of hydrogen-bond acceptors (Lipinski definition) is 4. The Morgan fingerprint density at radius 2 is 2.47 bits per heavy atom. The number of ether oxygens (including phenoxy) is 1. The smallest absolute Gasteiger partial charge is 0.152 e. The average molecular weight is 233 g/mol. The van der Waals surface area contributed by atoms with E-state index in [0.29, 0.717) is 12.0 Å². The highest BCUT2D eigenvalue weighted by atomic mass is 16.5. The molecule has 0 aromatic carbocycles. The summed E-state index contributed by atoms with van der Waals surface area (Å²) < 4.78 is 5.63. The molecule has 0 radical (unpaired) electrons. The predicted octanol–water partition coefficient (Wildman–Crippen LogP) is 1.74. The summed E-state index contributed by atoms with van der Waals surface area (Å²) >= 11 is 0. The van der Waals surface area contributed by atoms with Crippen molar-refractivity contribution >= 4 is 11.5 Å². The van der Waals surface area contributed by atoms with Gasteiger partial charge in [-0.2, -0.15) is 0 Å². The molecule has 1 aromatic rings. The monoisotopic (exact) mass is 233 g/mol. The molecule has 1 aromatic heterocycles. The van der Waals surface area contributed by atoms with Crippen LogP contribution in [0.15, 0.2) is 18.3 Å². The van der Waals surface area contributed by atoms with Crippen LogP contribution < -0.4 is 10.2 Å². The first kappa shape index (κ1) is 10.8. The minimum absolute atomic E-state index is 0.485. The number of anilines is 2. The largest absolute Gasteiger partial charge is 0.382 e. The van der Waals surface area contributed by atoms with Crippen molar-refractivity contribution in [3.05, 3.63) is 18.3 Å². The fraction of sp³-hybridized carbons (Fsp3) is 0.615. The predicted molar refractivity (Wildman–Crippen MR) is 68.5 cm³/mol. The lowest BCUT2D eigenvalue weighted by atomic mass is 10.0. The number of nitrogens with zero attached hydrogens (tertiary/aromatic N) is 2. The van der Waals surface area contributed by atoms with E-state index in [4.69, 9.17) is 4.74 Å². The first-order valence-corrected chi connectivity index (χ1v) is 6.43. The second kappa shape index (κ2) is 4.53. The molecule has 17 heavy (non-hydrogen) atoms. The van der Waals surface area contributed by atoms with E-state index < -0.39 is 0 Å². The topological polar surface area (TPSA) is 37.4 Å². The number of pyridine rings is 1. The Hall–Kier alpha value is -1.29. The highest BCUT2D eigenvalue weighted by molar-refractivity contribution is 5.67. The second-order valence-electron chi connectivity index (χ2n) is 4.81. The van der Waals surface area contributed by atoms with Gasteiger partial charge in [-0.3, -0.25) is 0 Å². The Morgan fingerprint density at radius 3 is 3.35 bits per heavy atom. The highest BCUT2D eigenvalue weighted by Gasteiger charge is 2.36. The van der Waals surface area contributed by atoms with E-state index in [-0.39, 0.29) is 0 Å². The van der Waals surface area contributed by atoms with Crippen LogP contribution in [0.3, 0.4) is 0 Å². The molecule has 1 fully saturated rings. The molecule has 2 unspecified atom stereocenters. The van der Waals surface area contributed by atoms with E-state index in [0.717, 1.165) is 44.2 Å². The van der Waals surface area contributed by atoms with E-state index in [2.05, 4.69) is 28.2 Å². The van der Waals surface area contributed by atoms with E-state index in [1.165, 1.54) is 0 Å². The van der Waals surface area contributed by atoms with Crippen molar-refractivity contribution in [2.75, 3.05) is 36.5 Å². The van der Waals surface area contributed by atoms with Crippen LogP contribution in [0, 0.1) is 5.92 Å². The maximum Gasteiger partial charge on any atom is 0.152 e. The Kier molecular flexibility index (Phi) is 2.89. The van der Waals surface area contributed by atoms with Crippen molar-refractivity contribution in [3.8, 4) is 0 Å². The van der Waals surface area contributed by atoms with E-state index >= 15 is 0 Å².